The fraction of sp³-hybridized carbons (Fsp3) is 0.111. The highest BCUT2D eigenvalue weighted by molar-refractivity contribution is 7.91. The van der Waals surface area contributed by atoms with E-state index in [-0.39, 0.29) is 28.0 Å². The van der Waals surface area contributed by atoms with Gasteiger partial charge in [-0.1, -0.05) is 18.2 Å². The monoisotopic (exact) mass is 500 g/mol. The molecular weight excluding hydrogens is 476 g/mol. The summed E-state index contributed by atoms with van der Waals surface area (Å²) in [4.78, 5) is 15.9. The number of aromatic hydroxyl groups is 1. The zero-order valence-corrected chi connectivity index (χ0v) is 20.5. The molecule has 5 rings (SSSR count). The molecule has 5 aromatic rings. The Morgan fingerprint density at radius 3 is 2.47 bits per heavy atom. The lowest BCUT2D eigenvalue weighted by atomic mass is 10.2. The van der Waals surface area contributed by atoms with Gasteiger partial charge in [-0.2, -0.15) is 5.10 Å². The van der Waals surface area contributed by atoms with E-state index in [0.717, 1.165) is 27.9 Å². The van der Waals surface area contributed by atoms with E-state index in [1.807, 2.05) is 26.0 Å². The van der Waals surface area contributed by atoms with E-state index in [2.05, 4.69) is 15.4 Å². The number of fused-ring (bicyclic) bond motifs is 1. The summed E-state index contributed by atoms with van der Waals surface area (Å²) in [6.07, 6.45) is 0. The van der Waals surface area contributed by atoms with Crippen LogP contribution in [-0.4, -0.2) is 34.2 Å². The lowest BCUT2D eigenvalue weighted by Crippen LogP contribution is -2.23. The second-order valence-electron chi connectivity index (χ2n) is 8.62. The number of sulfone groups is 1. The molecule has 0 saturated heterocycles. The molecule has 2 aromatic heterocycles. The van der Waals surface area contributed by atoms with E-state index in [9.17, 15) is 18.3 Å². The predicted molar refractivity (Wildman–Crippen MR) is 136 cm³/mol. The van der Waals surface area contributed by atoms with E-state index in [4.69, 9.17) is 0 Å². The number of aromatic amines is 1. The van der Waals surface area contributed by atoms with Crippen molar-refractivity contribution in [3.05, 3.63) is 102 Å². The number of nitrogens with zero attached hydrogens (tertiary/aromatic N) is 2. The van der Waals surface area contributed by atoms with Gasteiger partial charge in [0, 0.05) is 23.1 Å². The molecule has 1 amide bonds. The highest BCUT2D eigenvalue weighted by Gasteiger charge is 2.19. The molecule has 0 aliphatic heterocycles. The third-order valence-corrected chi connectivity index (χ3v) is 7.69. The number of phenols is 1. The summed E-state index contributed by atoms with van der Waals surface area (Å²) in [5, 5.41) is 17.6. The number of rotatable bonds is 6. The van der Waals surface area contributed by atoms with Crippen molar-refractivity contribution >= 4 is 26.6 Å². The van der Waals surface area contributed by atoms with Gasteiger partial charge in [0.2, 0.25) is 9.84 Å². The maximum atomic E-state index is 13.3. The molecule has 8 nitrogen and oxygen atoms in total. The van der Waals surface area contributed by atoms with Crippen molar-refractivity contribution in [2.24, 2.45) is 0 Å². The number of hydrogen-bond donors (Lipinski definition) is 3. The lowest BCUT2D eigenvalue weighted by Gasteiger charge is -2.10. The summed E-state index contributed by atoms with van der Waals surface area (Å²) < 4.78 is 28.2. The highest BCUT2D eigenvalue weighted by atomic mass is 32.2. The first-order valence-electron chi connectivity index (χ1n) is 11.3. The lowest BCUT2D eigenvalue weighted by molar-refractivity contribution is 0.0946. The molecule has 0 fully saturated rings. The molecule has 0 aliphatic carbocycles. The van der Waals surface area contributed by atoms with Crippen LogP contribution in [0, 0.1) is 13.8 Å². The zero-order valence-electron chi connectivity index (χ0n) is 19.7. The minimum Gasteiger partial charge on any atom is -0.508 e. The molecule has 2 heterocycles. The molecule has 0 unspecified atom stereocenters. The van der Waals surface area contributed by atoms with E-state index in [1.165, 1.54) is 0 Å². The maximum absolute atomic E-state index is 13.3. The fourth-order valence-electron chi connectivity index (χ4n) is 4.12. The first-order valence-corrected chi connectivity index (χ1v) is 12.8. The molecule has 3 aromatic carbocycles. The van der Waals surface area contributed by atoms with Gasteiger partial charge in [-0.3, -0.25) is 4.79 Å². The van der Waals surface area contributed by atoms with Gasteiger partial charge in [0.25, 0.3) is 5.91 Å². The molecule has 0 saturated carbocycles. The average molecular weight is 501 g/mol. The Morgan fingerprint density at radius 1 is 0.972 bits per heavy atom. The number of benzene rings is 3. The van der Waals surface area contributed by atoms with Crippen LogP contribution in [0.15, 0.2) is 88.7 Å². The van der Waals surface area contributed by atoms with Crippen molar-refractivity contribution < 1.29 is 18.3 Å². The van der Waals surface area contributed by atoms with Gasteiger partial charge in [-0.05, 0) is 80.1 Å². The van der Waals surface area contributed by atoms with Crippen LogP contribution in [0.3, 0.4) is 0 Å². The molecule has 0 aliphatic rings. The molecule has 36 heavy (non-hydrogen) atoms. The van der Waals surface area contributed by atoms with Gasteiger partial charge in [-0.15, -0.1) is 0 Å². The third-order valence-electron chi connectivity index (χ3n) is 5.92. The highest BCUT2D eigenvalue weighted by Crippen LogP contribution is 2.24. The van der Waals surface area contributed by atoms with Gasteiger partial charge in [0.05, 0.1) is 21.2 Å². The molecular formula is C27H24N4O4S. The number of H-pyrrole nitrogens is 1. The van der Waals surface area contributed by atoms with Crippen molar-refractivity contribution in [2.75, 3.05) is 0 Å². The van der Waals surface area contributed by atoms with Gasteiger partial charge in [0.1, 0.15) is 11.4 Å². The minimum absolute atomic E-state index is 0.127. The number of carbonyl (C=O) groups is 1. The number of nitrogens with one attached hydrogen (secondary N) is 2. The van der Waals surface area contributed by atoms with Crippen molar-refractivity contribution in [2.45, 2.75) is 30.2 Å². The van der Waals surface area contributed by atoms with Crippen LogP contribution in [-0.2, 0) is 16.4 Å². The topological polar surface area (TPSA) is 117 Å². The van der Waals surface area contributed by atoms with Crippen LogP contribution in [0.25, 0.3) is 16.6 Å². The predicted octanol–water partition coefficient (Wildman–Crippen LogP) is 4.44. The Morgan fingerprint density at radius 2 is 1.75 bits per heavy atom. The van der Waals surface area contributed by atoms with E-state index in [0.29, 0.717) is 11.4 Å². The summed E-state index contributed by atoms with van der Waals surface area (Å²) in [6.45, 7) is 4.04. The third kappa shape index (κ3) is 4.48. The number of carbonyl (C=O) groups excluding carboxylic acids is 1. The van der Waals surface area contributed by atoms with Crippen LogP contribution in [0.2, 0.25) is 0 Å². The van der Waals surface area contributed by atoms with E-state index in [1.54, 1.807) is 71.4 Å². The largest absolute Gasteiger partial charge is 0.508 e. The Balaban J connectivity index is 1.30. The Bertz CT molecular complexity index is 1700. The second kappa shape index (κ2) is 9.01. The van der Waals surface area contributed by atoms with Crippen LogP contribution >= 0.6 is 0 Å². The summed E-state index contributed by atoms with van der Waals surface area (Å²) in [6, 6.07) is 21.6. The van der Waals surface area contributed by atoms with Crippen molar-refractivity contribution in [1.82, 2.24) is 20.1 Å². The molecule has 182 valence electrons. The number of aryl methyl sites for hydroxylation is 2. The maximum Gasteiger partial charge on any atom is 0.267 e. The smallest absolute Gasteiger partial charge is 0.267 e. The number of amides is 1. The second-order valence-corrected chi connectivity index (χ2v) is 10.6. The van der Waals surface area contributed by atoms with Crippen molar-refractivity contribution in [3.63, 3.8) is 0 Å². The van der Waals surface area contributed by atoms with Crippen molar-refractivity contribution in [3.8, 4) is 11.4 Å². The fourth-order valence-corrected chi connectivity index (χ4v) is 5.42. The average Bonchev–Trinajstić information content (AvgIpc) is 3.44. The molecule has 3 N–H and O–H groups in total. The van der Waals surface area contributed by atoms with Crippen LogP contribution in [0.4, 0.5) is 0 Å². The Labute approximate surface area is 208 Å². The summed E-state index contributed by atoms with van der Waals surface area (Å²) in [7, 11) is -3.74. The number of phenolic OH excluding ortho intramolecular Hbond substituents is 1. The first kappa shape index (κ1) is 23.4. The molecule has 0 bridgehead atoms. The van der Waals surface area contributed by atoms with Crippen LogP contribution in [0.5, 0.6) is 5.75 Å². The summed E-state index contributed by atoms with van der Waals surface area (Å²) >= 11 is 0. The first-order chi connectivity index (χ1) is 17.2. The summed E-state index contributed by atoms with van der Waals surface area (Å²) in [5.41, 5.74) is 4.32. The molecule has 0 atom stereocenters. The number of aromatic nitrogens is 3. The minimum atomic E-state index is -3.74. The number of hydrogen-bond acceptors (Lipinski definition) is 5. The van der Waals surface area contributed by atoms with Gasteiger partial charge in [0.15, 0.2) is 0 Å². The Kier molecular flexibility index (Phi) is 5.85. The SMILES string of the molecule is Cc1cc(C)n(-c2cccc(S(=O)(=O)c3ccc(CNC(=O)c4cc5cc(O)ccc5[nH]4)cc3)c2)n1. The van der Waals surface area contributed by atoms with Crippen LogP contribution < -0.4 is 5.32 Å². The summed E-state index contributed by atoms with van der Waals surface area (Å²) in [5.74, 6) is -0.176. The van der Waals surface area contributed by atoms with Crippen molar-refractivity contribution in [1.29, 1.82) is 0 Å². The van der Waals surface area contributed by atoms with Gasteiger partial charge >= 0.3 is 0 Å². The van der Waals surface area contributed by atoms with Crippen LogP contribution in [0.1, 0.15) is 27.4 Å². The van der Waals surface area contributed by atoms with Gasteiger partial charge in [-0.25, -0.2) is 13.1 Å². The zero-order chi connectivity index (χ0) is 25.4. The quantitative estimate of drug-likeness (QED) is 0.319. The van der Waals surface area contributed by atoms with E-state index >= 15 is 0 Å². The standard InChI is InChI=1S/C27H24N4O4S/c1-17-12-18(2)31(30-17)21-4-3-5-24(15-21)36(34,35)23-9-6-19(7-10-23)16-28-27(33)26-14-20-13-22(32)8-11-25(20)29-26/h3-15,29,32H,16H2,1-2H3,(H,28,33). The Hall–Kier alpha value is -4.37. The molecule has 0 radical (unpaired) electrons. The van der Waals surface area contributed by atoms with Gasteiger partial charge < -0.3 is 15.4 Å². The molecule has 9 heteroatoms. The van der Waals surface area contributed by atoms with E-state index < -0.39 is 9.84 Å². The normalized spacial score (nSPS) is 11.6. The molecule has 0 spiro atoms.